The highest BCUT2D eigenvalue weighted by Gasteiger charge is 2.22. The van der Waals surface area contributed by atoms with E-state index in [9.17, 15) is 9.59 Å². The van der Waals surface area contributed by atoms with Crippen LogP contribution in [0.2, 0.25) is 0 Å². The van der Waals surface area contributed by atoms with E-state index in [-0.39, 0.29) is 23.7 Å². The summed E-state index contributed by atoms with van der Waals surface area (Å²) in [6.45, 7) is 7.19. The minimum Gasteiger partial charge on any atom is -0.478 e. The molecule has 0 saturated carbocycles. The van der Waals surface area contributed by atoms with Gasteiger partial charge in [-0.3, -0.25) is 9.69 Å². The van der Waals surface area contributed by atoms with Crippen molar-refractivity contribution < 1.29 is 19.4 Å². The molecule has 1 amide bonds. The molecule has 0 unspecified atom stereocenters. The molecule has 2 rings (SSSR count). The van der Waals surface area contributed by atoms with E-state index in [4.69, 9.17) is 9.84 Å². The number of rotatable bonds is 5. The van der Waals surface area contributed by atoms with Crippen molar-refractivity contribution in [1.29, 1.82) is 0 Å². The van der Waals surface area contributed by atoms with Crippen molar-refractivity contribution in [3.05, 3.63) is 35.4 Å². The van der Waals surface area contributed by atoms with E-state index < -0.39 is 5.97 Å². The van der Waals surface area contributed by atoms with Crippen LogP contribution in [0.5, 0.6) is 0 Å². The van der Waals surface area contributed by atoms with E-state index in [2.05, 4.69) is 18.7 Å². The molecule has 1 aliphatic rings. The van der Waals surface area contributed by atoms with Gasteiger partial charge in [-0.05, 0) is 32.0 Å². The molecule has 0 radical (unpaired) electrons. The molecule has 1 aromatic carbocycles. The maximum Gasteiger partial charge on any atom is 0.335 e. The van der Waals surface area contributed by atoms with E-state index in [1.165, 1.54) is 12.1 Å². The first-order valence-corrected chi connectivity index (χ1v) is 7.83. The molecule has 23 heavy (non-hydrogen) atoms. The van der Waals surface area contributed by atoms with Gasteiger partial charge in [-0.15, -0.1) is 0 Å². The standard InChI is InChI=1S/C17H24N2O4/c1-12-10-19(11-13(2)23-12)8-7-18(3)16(20)14-5-4-6-15(9-14)17(21)22/h4-6,9,12-13H,7-8,10-11H2,1-3H3,(H,21,22)/t12-,13+. The minimum atomic E-state index is -1.03. The Morgan fingerprint density at radius 1 is 1.26 bits per heavy atom. The molecule has 1 saturated heterocycles. The lowest BCUT2D eigenvalue weighted by Gasteiger charge is -2.36. The second-order valence-corrected chi connectivity index (χ2v) is 6.13. The molecule has 0 bridgehead atoms. The van der Waals surface area contributed by atoms with Crippen LogP contribution >= 0.6 is 0 Å². The molecule has 1 fully saturated rings. The Kier molecular flexibility index (Phi) is 5.74. The summed E-state index contributed by atoms with van der Waals surface area (Å²) in [5.41, 5.74) is 0.524. The zero-order valence-electron chi connectivity index (χ0n) is 13.9. The quantitative estimate of drug-likeness (QED) is 0.892. The third-order valence-corrected chi connectivity index (χ3v) is 3.95. The van der Waals surface area contributed by atoms with Crippen LogP contribution in [0.15, 0.2) is 24.3 Å². The maximum atomic E-state index is 12.4. The van der Waals surface area contributed by atoms with Crippen LogP contribution in [0, 0.1) is 0 Å². The lowest BCUT2D eigenvalue weighted by molar-refractivity contribution is -0.0685. The average Bonchev–Trinajstić information content (AvgIpc) is 2.51. The van der Waals surface area contributed by atoms with Gasteiger partial charge in [0.2, 0.25) is 0 Å². The second kappa shape index (κ2) is 7.57. The zero-order valence-corrected chi connectivity index (χ0v) is 13.9. The number of aromatic carboxylic acids is 1. The van der Waals surface area contributed by atoms with Gasteiger partial charge >= 0.3 is 5.97 Å². The van der Waals surface area contributed by atoms with Gasteiger partial charge in [0.05, 0.1) is 17.8 Å². The molecule has 0 spiro atoms. The highest BCUT2D eigenvalue weighted by Crippen LogP contribution is 2.11. The summed E-state index contributed by atoms with van der Waals surface area (Å²) < 4.78 is 5.70. The molecule has 2 atom stereocenters. The molecule has 6 nitrogen and oxygen atoms in total. The van der Waals surface area contributed by atoms with Crippen LogP contribution < -0.4 is 0 Å². The first-order valence-electron chi connectivity index (χ1n) is 7.83. The number of hydrogen-bond acceptors (Lipinski definition) is 4. The number of carboxylic acid groups (broad SMARTS) is 1. The topological polar surface area (TPSA) is 70.1 Å². The minimum absolute atomic E-state index is 0.125. The third-order valence-electron chi connectivity index (χ3n) is 3.95. The lowest BCUT2D eigenvalue weighted by Crippen LogP contribution is -2.48. The number of ether oxygens (including phenoxy) is 1. The monoisotopic (exact) mass is 320 g/mol. The Labute approximate surface area is 136 Å². The third kappa shape index (κ3) is 4.77. The van der Waals surface area contributed by atoms with Gasteiger partial charge in [0.1, 0.15) is 0 Å². The molecular weight excluding hydrogens is 296 g/mol. The molecule has 1 aromatic rings. The second-order valence-electron chi connectivity index (χ2n) is 6.13. The highest BCUT2D eigenvalue weighted by molar-refractivity contribution is 5.97. The molecule has 0 aromatic heterocycles. The highest BCUT2D eigenvalue weighted by atomic mass is 16.5. The summed E-state index contributed by atoms with van der Waals surface area (Å²) in [6.07, 6.45) is 0.402. The normalized spacial score (nSPS) is 21.9. The number of morpholine rings is 1. The molecule has 0 aliphatic carbocycles. The smallest absolute Gasteiger partial charge is 0.335 e. The van der Waals surface area contributed by atoms with Crippen molar-refractivity contribution >= 4 is 11.9 Å². The van der Waals surface area contributed by atoms with E-state index in [0.29, 0.717) is 12.1 Å². The Bertz CT molecular complexity index is 565. The molecule has 6 heteroatoms. The van der Waals surface area contributed by atoms with Crippen LogP contribution in [-0.4, -0.2) is 72.2 Å². The van der Waals surface area contributed by atoms with Gasteiger partial charge in [0.25, 0.3) is 5.91 Å². The number of benzene rings is 1. The van der Waals surface area contributed by atoms with E-state index in [1.54, 1.807) is 24.1 Å². The summed E-state index contributed by atoms with van der Waals surface area (Å²) in [7, 11) is 1.74. The fourth-order valence-corrected chi connectivity index (χ4v) is 2.87. The van der Waals surface area contributed by atoms with Crippen molar-refractivity contribution in [2.45, 2.75) is 26.1 Å². The number of nitrogens with zero attached hydrogens (tertiary/aromatic N) is 2. The Morgan fingerprint density at radius 3 is 2.48 bits per heavy atom. The largest absolute Gasteiger partial charge is 0.478 e. The van der Waals surface area contributed by atoms with E-state index in [0.717, 1.165) is 19.6 Å². The van der Waals surface area contributed by atoms with Crippen LogP contribution in [-0.2, 0) is 4.74 Å². The molecular formula is C17H24N2O4. The molecule has 126 valence electrons. The molecule has 1 aliphatic heterocycles. The number of carboxylic acids is 1. The summed E-state index contributed by atoms with van der Waals surface area (Å²) in [4.78, 5) is 27.3. The zero-order chi connectivity index (χ0) is 17.0. The van der Waals surface area contributed by atoms with Gasteiger partial charge in [-0.25, -0.2) is 4.79 Å². The Hall–Kier alpha value is -1.92. The number of carbonyl (C=O) groups is 2. The molecule has 1 N–H and O–H groups in total. The van der Waals surface area contributed by atoms with Crippen LogP contribution in [0.3, 0.4) is 0 Å². The SMILES string of the molecule is C[C@@H]1CN(CCN(C)C(=O)c2cccc(C(=O)O)c2)C[C@H](C)O1. The number of amides is 1. The van der Waals surface area contributed by atoms with Gasteiger partial charge in [-0.2, -0.15) is 0 Å². The van der Waals surface area contributed by atoms with E-state index in [1.807, 2.05) is 0 Å². The lowest BCUT2D eigenvalue weighted by atomic mass is 10.1. The Balaban J connectivity index is 1.92. The first kappa shape index (κ1) is 17.4. The summed E-state index contributed by atoms with van der Waals surface area (Å²) in [5, 5.41) is 9.01. The van der Waals surface area contributed by atoms with Crippen LogP contribution in [0.4, 0.5) is 0 Å². The summed E-state index contributed by atoms with van der Waals surface area (Å²) in [5.74, 6) is -1.19. The summed E-state index contributed by atoms with van der Waals surface area (Å²) in [6, 6.07) is 6.13. The molecule has 1 heterocycles. The number of likely N-dealkylation sites (N-methyl/N-ethyl adjacent to an activating group) is 1. The van der Waals surface area contributed by atoms with Gasteiger partial charge in [0.15, 0.2) is 0 Å². The fourth-order valence-electron chi connectivity index (χ4n) is 2.87. The van der Waals surface area contributed by atoms with Crippen LogP contribution in [0.1, 0.15) is 34.6 Å². The predicted octanol–water partition coefficient (Wildman–Crippen LogP) is 1.57. The summed E-state index contributed by atoms with van der Waals surface area (Å²) >= 11 is 0. The fraction of sp³-hybridized carbons (Fsp3) is 0.529. The van der Waals surface area contributed by atoms with Gasteiger partial charge in [0, 0.05) is 38.8 Å². The Morgan fingerprint density at radius 2 is 1.87 bits per heavy atom. The number of carbonyl (C=O) groups excluding carboxylic acids is 1. The first-order chi connectivity index (χ1) is 10.9. The van der Waals surface area contributed by atoms with Crippen molar-refractivity contribution in [1.82, 2.24) is 9.80 Å². The predicted molar refractivity (Wildman–Crippen MR) is 86.8 cm³/mol. The van der Waals surface area contributed by atoms with Gasteiger partial charge in [-0.1, -0.05) is 6.07 Å². The van der Waals surface area contributed by atoms with Crippen molar-refractivity contribution in [3.8, 4) is 0 Å². The van der Waals surface area contributed by atoms with Crippen LogP contribution in [0.25, 0.3) is 0 Å². The van der Waals surface area contributed by atoms with Crippen molar-refractivity contribution in [3.63, 3.8) is 0 Å². The number of hydrogen-bond donors (Lipinski definition) is 1. The van der Waals surface area contributed by atoms with Crippen molar-refractivity contribution in [2.75, 3.05) is 33.2 Å². The van der Waals surface area contributed by atoms with Crippen molar-refractivity contribution in [2.24, 2.45) is 0 Å². The maximum absolute atomic E-state index is 12.4. The van der Waals surface area contributed by atoms with Gasteiger partial charge < -0.3 is 14.7 Å². The average molecular weight is 320 g/mol. The van der Waals surface area contributed by atoms with E-state index >= 15 is 0 Å².